The fourth-order valence-corrected chi connectivity index (χ4v) is 2.54. The Bertz CT molecular complexity index is 220. The molecule has 1 rings (SSSR count). The first-order valence-electron chi connectivity index (χ1n) is 6.14. The standard InChI is InChI=1S/C12H23NO3/c1-4-12(15-3,11(14)16-5-2)10-6-8-13-9-7-10/h10,13H,4-9H2,1-3H3. The molecule has 0 aromatic rings. The molecule has 94 valence electrons. The van der Waals surface area contributed by atoms with Crippen molar-refractivity contribution in [3.63, 3.8) is 0 Å². The van der Waals surface area contributed by atoms with Crippen LogP contribution in [0.2, 0.25) is 0 Å². The Labute approximate surface area is 97.7 Å². The molecule has 1 unspecified atom stereocenters. The van der Waals surface area contributed by atoms with Crippen molar-refractivity contribution < 1.29 is 14.3 Å². The molecule has 1 aliphatic rings. The predicted molar refractivity (Wildman–Crippen MR) is 62.3 cm³/mol. The van der Waals surface area contributed by atoms with Gasteiger partial charge in [0.25, 0.3) is 0 Å². The van der Waals surface area contributed by atoms with Crippen molar-refractivity contribution in [2.24, 2.45) is 5.92 Å². The van der Waals surface area contributed by atoms with E-state index in [1.807, 2.05) is 13.8 Å². The number of hydrogen-bond acceptors (Lipinski definition) is 4. The van der Waals surface area contributed by atoms with E-state index in [9.17, 15) is 4.79 Å². The fraction of sp³-hybridized carbons (Fsp3) is 0.917. The number of piperidine rings is 1. The van der Waals surface area contributed by atoms with Gasteiger partial charge in [-0.25, -0.2) is 4.79 Å². The van der Waals surface area contributed by atoms with Crippen LogP contribution in [0.3, 0.4) is 0 Å². The summed E-state index contributed by atoms with van der Waals surface area (Å²) in [6.45, 7) is 6.14. The Hall–Kier alpha value is -0.610. The number of ether oxygens (including phenoxy) is 2. The maximum absolute atomic E-state index is 12.1. The zero-order chi connectivity index (χ0) is 12.0. The number of carbonyl (C=O) groups excluding carboxylic acids is 1. The van der Waals surface area contributed by atoms with Gasteiger partial charge in [0, 0.05) is 13.0 Å². The van der Waals surface area contributed by atoms with Gasteiger partial charge in [0.1, 0.15) is 0 Å². The lowest BCUT2D eigenvalue weighted by molar-refractivity contribution is -0.178. The van der Waals surface area contributed by atoms with Gasteiger partial charge in [-0.3, -0.25) is 0 Å². The van der Waals surface area contributed by atoms with Gasteiger partial charge in [-0.15, -0.1) is 0 Å². The Morgan fingerprint density at radius 1 is 1.38 bits per heavy atom. The molecule has 1 saturated heterocycles. The molecule has 1 N–H and O–H groups in total. The van der Waals surface area contributed by atoms with Crippen molar-refractivity contribution in [1.82, 2.24) is 5.32 Å². The average Bonchev–Trinajstić information content (AvgIpc) is 2.33. The molecular weight excluding hydrogens is 206 g/mol. The summed E-state index contributed by atoms with van der Waals surface area (Å²) in [5.74, 6) is 0.0645. The largest absolute Gasteiger partial charge is 0.464 e. The number of nitrogens with one attached hydrogen (secondary N) is 1. The van der Waals surface area contributed by atoms with Crippen LogP contribution in [0.1, 0.15) is 33.1 Å². The van der Waals surface area contributed by atoms with Crippen LogP contribution in [-0.2, 0) is 14.3 Å². The molecule has 0 aliphatic carbocycles. The monoisotopic (exact) mass is 229 g/mol. The zero-order valence-electron chi connectivity index (χ0n) is 10.5. The fourth-order valence-electron chi connectivity index (χ4n) is 2.54. The van der Waals surface area contributed by atoms with Crippen LogP contribution in [0.5, 0.6) is 0 Å². The molecule has 4 nitrogen and oxygen atoms in total. The quantitative estimate of drug-likeness (QED) is 0.723. The van der Waals surface area contributed by atoms with Crippen molar-refractivity contribution in [1.29, 1.82) is 0 Å². The minimum atomic E-state index is -0.738. The molecule has 16 heavy (non-hydrogen) atoms. The molecule has 1 heterocycles. The molecule has 0 aromatic heterocycles. The molecule has 1 aliphatic heterocycles. The summed E-state index contributed by atoms with van der Waals surface area (Å²) >= 11 is 0. The van der Waals surface area contributed by atoms with Crippen LogP contribution >= 0.6 is 0 Å². The minimum Gasteiger partial charge on any atom is -0.464 e. The molecule has 1 fully saturated rings. The molecule has 0 amide bonds. The van der Waals surface area contributed by atoms with E-state index in [0.29, 0.717) is 13.0 Å². The Morgan fingerprint density at radius 2 is 2.00 bits per heavy atom. The highest BCUT2D eigenvalue weighted by molar-refractivity contribution is 5.80. The van der Waals surface area contributed by atoms with Gasteiger partial charge in [-0.1, -0.05) is 6.92 Å². The molecule has 0 aromatic carbocycles. The van der Waals surface area contributed by atoms with Crippen molar-refractivity contribution in [2.45, 2.75) is 38.7 Å². The third kappa shape index (κ3) is 2.55. The molecular formula is C12H23NO3. The molecule has 0 bridgehead atoms. The van der Waals surface area contributed by atoms with Crippen molar-refractivity contribution >= 4 is 5.97 Å². The van der Waals surface area contributed by atoms with Crippen LogP contribution in [0.25, 0.3) is 0 Å². The third-order valence-electron chi connectivity index (χ3n) is 3.51. The van der Waals surface area contributed by atoms with Crippen LogP contribution in [0, 0.1) is 5.92 Å². The van der Waals surface area contributed by atoms with Gasteiger partial charge in [-0.2, -0.15) is 0 Å². The van der Waals surface area contributed by atoms with Crippen LogP contribution in [-0.4, -0.2) is 38.4 Å². The lowest BCUT2D eigenvalue weighted by atomic mass is 9.79. The lowest BCUT2D eigenvalue weighted by Gasteiger charge is -2.38. The van der Waals surface area contributed by atoms with Gasteiger partial charge in [-0.05, 0) is 39.3 Å². The van der Waals surface area contributed by atoms with Crippen molar-refractivity contribution in [3.8, 4) is 0 Å². The van der Waals surface area contributed by atoms with Crippen LogP contribution in [0.15, 0.2) is 0 Å². The maximum Gasteiger partial charge on any atom is 0.338 e. The first-order valence-corrected chi connectivity index (χ1v) is 6.14. The topological polar surface area (TPSA) is 47.6 Å². The third-order valence-corrected chi connectivity index (χ3v) is 3.51. The first kappa shape index (κ1) is 13.5. The number of esters is 1. The summed E-state index contributed by atoms with van der Waals surface area (Å²) in [6, 6.07) is 0. The number of hydrogen-bond donors (Lipinski definition) is 1. The van der Waals surface area contributed by atoms with Gasteiger partial charge in [0.15, 0.2) is 5.60 Å². The van der Waals surface area contributed by atoms with Gasteiger partial charge >= 0.3 is 5.97 Å². The summed E-state index contributed by atoms with van der Waals surface area (Å²) in [5.41, 5.74) is -0.738. The smallest absolute Gasteiger partial charge is 0.338 e. The van der Waals surface area contributed by atoms with E-state index in [1.54, 1.807) is 7.11 Å². The average molecular weight is 229 g/mol. The second-order valence-electron chi connectivity index (χ2n) is 4.19. The molecule has 0 saturated carbocycles. The van der Waals surface area contributed by atoms with E-state index < -0.39 is 5.60 Å². The van der Waals surface area contributed by atoms with E-state index in [0.717, 1.165) is 25.9 Å². The molecule has 0 radical (unpaired) electrons. The first-order chi connectivity index (χ1) is 7.71. The molecule has 4 heteroatoms. The highest BCUT2D eigenvalue weighted by Gasteiger charge is 2.46. The highest BCUT2D eigenvalue weighted by atomic mass is 16.6. The highest BCUT2D eigenvalue weighted by Crippen LogP contribution is 2.33. The van der Waals surface area contributed by atoms with E-state index >= 15 is 0 Å². The SMILES string of the molecule is CCOC(=O)C(CC)(OC)C1CCNCC1. The number of carbonyl (C=O) groups is 1. The second kappa shape index (κ2) is 6.21. The van der Waals surface area contributed by atoms with Crippen molar-refractivity contribution in [3.05, 3.63) is 0 Å². The van der Waals surface area contributed by atoms with E-state index in [2.05, 4.69) is 5.32 Å². The number of methoxy groups -OCH3 is 1. The van der Waals surface area contributed by atoms with Gasteiger partial charge in [0.05, 0.1) is 6.61 Å². The summed E-state index contributed by atoms with van der Waals surface area (Å²) in [6.07, 6.45) is 2.62. The molecule has 0 spiro atoms. The van der Waals surface area contributed by atoms with Crippen LogP contribution < -0.4 is 5.32 Å². The van der Waals surface area contributed by atoms with Gasteiger partial charge < -0.3 is 14.8 Å². The maximum atomic E-state index is 12.1. The van der Waals surface area contributed by atoms with Gasteiger partial charge in [0.2, 0.25) is 0 Å². The number of rotatable bonds is 5. The summed E-state index contributed by atoms with van der Waals surface area (Å²) in [7, 11) is 1.61. The Balaban J connectivity index is 2.80. The molecule has 1 atom stereocenters. The van der Waals surface area contributed by atoms with E-state index in [-0.39, 0.29) is 11.9 Å². The summed E-state index contributed by atoms with van der Waals surface area (Å²) < 4.78 is 10.7. The normalized spacial score (nSPS) is 21.4. The Morgan fingerprint density at radius 3 is 2.44 bits per heavy atom. The van der Waals surface area contributed by atoms with E-state index in [4.69, 9.17) is 9.47 Å². The Kier molecular flexibility index (Phi) is 5.22. The summed E-state index contributed by atoms with van der Waals surface area (Å²) in [5, 5.41) is 3.30. The zero-order valence-corrected chi connectivity index (χ0v) is 10.5. The van der Waals surface area contributed by atoms with E-state index in [1.165, 1.54) is 0 Å². The predicted octanol–water partition coefficient (Wildman–Crippen LogP) is 1.34. The lowest BCUT2D eigenvalue weighted by Crippen LogP contribution is -2.51. The second-order valence-corrected chi connectivity index (χ2v) is 4.19. The van der Waals surface area contributed by atoms with Crippen molar-refractivity contribution in [2.75, 3.05) is 26.8 Å². The summed E-state index contributed by atoms with van der Waals surface area (Å²) in [4.78, 5) is 12.1. The van der Waals surface area contributed by atoms with Crippen LogP contribution in [0.4, 0.5) is 0 Å². The minimum absolute atomic E-state index is 0.202.